The largest absolute Gasteiger partial charge is 0.264 e. The molecule has 68 valence electrons. The first-order valence-electron chi connectivity index (χ1n) is 4.85. The van der Waals surface area contributed by atoms with E-state index in [0.29, 0.717) is 0 Å². The normalized spacial score (nSPS) is 17.6. The Morgan fingerprint density at radius 1 is 1.38 bits per heavy atom. The summed E-state index contributed by atoms with van der Waals surface area (Å²) in [6.07, 6.45) is 7.61. The number of hydrogen-bond acceptors (Lipinski definition) is 1. The first-order valence-corrected chi connectivity index (χ1v) is 4.85. The summed E-state index contributed by atoms with van der Waals surface area (Å²) < 4.78 is 2.35. The van der Waals surface area contributed by atoms with Gasteiger partial charge in [0.15, 0.2) is 5.71 Å². The van der Waals surface area contributed by atoms with Crippen LogP contribution in [-0.2, 0) is 0 Å². The molecule has 0 saturated carbocycles. The molecule has 0 aromatic carbocycles. The van der Waals surface area contributed by atoms with E-state index in [1.807, 2.05) is 18.5 Å². The van der Waals surface area contributed by atoms with E-state index in [9.17, 15) is 0 Å². The molecule has 0 amide bonds. The summed E-state index contributed by atoms with van der Waals surface area (Å²) in [7, 11) is 2.17. The minimum Gasteiger partial charge on any atom is -0.264 e. The van der Waals surface area contributed by atoms with Gasteiger partial charge in [-0.25, -0.2) is 4.58 Å². The molecule has 0 aliphatic carbocycles. The zero-order chi connectivity index (χ0) is 9.10. The molecule has 0 unspecified atom stereocenters. The van der Waals surface area contributed by atoms with Gasteiger partial charge in [-0.2, -0.15) is 0 Å². The van der Waals surface area contributed by atoms with Crippen molar-refractivity contribution < 1.29 is 4.58 Å². The van der Waals surface area contributed by atoms with E-state index >= 15 is 0 Å². The second-order valence-corrected chi connectivity index (χ2v) is 3.57. The van der Waals surface area contributed by atoms with Crippen molar-refractivity contribution in [2.24, 2.45) is 0 Å². The summed E-state index contributed by atoms with van der Waals surface area (Å²) in [6.45, 7) is 1.18. The van der Waals surface area contributed by atoms with Gasteiger partial charge in [-0.15, -0.1) is 0 Å². The summed E-state index contributed by atoms with van der Waals surface area (Å²) in [5, 5.41) is 0. The SMILES string of the molecule is C[N+]1=C(c2cccnc2)CCCC1. The quantitative estimate of drug-likeness (QED) is 0.593. The van der Waals surface area contributed by atoms with Gasteiger partial charge in [-0.1, -0.05) is 0 Å². The first kappa shape index (κ1) is 8.42. The molecule has 0 N–H and O–H groups in total. The maximum absolute atomic E-state index is 4.15. The summed E-state index contributed by atoms with van der Waals surface area (Å²) in [6, 6.07) is 4.15. The zero-order valence-electron chi connectivity index (χ0n) is 8.03. The lowest BCUT2D eigenvalue weighted by molar-refractivity contribution is -0.502. The lowest BCUT2D eigenvalue weighted by Crippen LogP contribution is -2.24. The van der Waals surface area contributed by atoms with Gasteiger partial charge in [0.2, 0.25) is 0 Å². The average molecular weight is 175 g/mol. The fourth-order valence-electron chi connectivity index (χ4n) is 1.87. The molecule has 1 aromatic heterocycles. The highest BCUT2D eigenvalue weighted by atomic mass is 15.0. The van der Waals surface area contributed by atoms with Gasteiger partial charge in [-0.3, -0.25) is 4.98 Å². The fraction of sp³-hybridized carbons (Fsp3) is 0.455. The molecule has 2 nitrogen and oxygen atoms in total. The van der Waals surface area contributed by atoms with Crippen molar-refractivity contribution in [1.82, 2.24) is 4.98 Å². The Labute approximate surface area is 78.9 Å². The van der Waals surface area contributed by atoms with E-state index in [2.05, 4.69) is 22.7 Å². The van der Waals surface area contributed by atoms with Crippen LogP contribution in [-0.4, -0.2) is 28.9 Å². The number of aromatic nitrogens is 1. The van der Waals surface area contributed by atoms with Crippen LogP contribution in [0.4, 0.5) is 0 Å². The van der Waals surface area contributed by atoms with Crippen LogP contribution in [0.15, 0.2) is 24.5 Å². The highest BCUT2D eigenvalue weighted by Crippen LogP contribution is 2.11. The summed E-state index contributed by atoms with van der Waals surface area (Å²) in [5.74, 6) is 0. The molecule has 0 radical (unpaired) electrons. The third kappa shape index (κ3) is 1.77. The lowest BCUT2D eigenvalue weighted by atomic mass is 10.0. The zero-order valence-corrected chi connectivity index (χ0v) is 8.03. The monoisotopic (exact) mass is 175 g/mol. The Bertz CT molecular complexity index is 314. The van der Waals surface area contributed by atoms with E-state index in [4.69, 9.17) is 0 Å². The van der Waals surface area contributed by atoms with Gasteiger partial charge in [0.25, 0.3) is 0 Å². The molecule has 0 atom stereocenters. The molecular weight excluding hydrogens is 160 g/mol. The van der Waals surface area contributed by atoms with E-state index < -0.39 is 0 Å². The van der Waals surface area contributed by atoms with Crippen molar-refractivity contribution in [2.75, 3.05) is 13.6 Å². The average Bonchev–Trinajstić information content (AvgIpc) is 2.20. The van der Waals surface area contributed by atoms with E-state index in [0.717, 1.165) is 0 Å². The van der Waals surface area contributed by atoms with Gasteiger partial charge in [0.05, 0.1) is 5.56 Å². The molecule has 0 spiro atoms. The Morgan fingerprint density at radius 3 is 3.00 bits per heavy atom. The van der Waals surface area contributed by atoms with Crippen LogP contribution < -0.4 is 0 Å². The molecule has 1 aliphatic rings. The molecule has 13 heavy (non-hydrogen) atoms. The number of rotatable bonds is 1. The van der Waals surface area contributed by atoms with Crippen LogP contribution >= 0.6 is 0 Å². The van der Waals surface area contributed by atoms with Gasteiger partial charge in [0.1, 0.15) is 13.6 Å². The first-order chi connectivity index (χ1) is 6.38. The standard InChI is InChI=1S/C11H15N2/c1-13-8-3-2-6-11(13)10-5-4-7-12-9-10/h4-5,7,9H,2-3,6,8H2,1H3/q+1. The molecule has 2 heterocycles. The second kappa shape index (κ2) is 3.69. The molecule has 0 saturated heterocycles. The van der Waals surface area contributed by atoms with Crippen LogP contribution in [0.1, 0.15) is 24.8 Å². The van der Waals surface area contributed by atoms with Crippen molar-refractivity contribution in [3.05, 3.63) is 30.1 Å². The fourth-order valence-corrected chi connectivity index (χ4v) is 1.87. The van der Waals surface area contributed by atoms with Crippen LogP contribution in [0.25, 0.3) is 0 Å². The van der Waals surface area contributed by atoms with Crippen LogP contribution in [0, 0.1) is 0 Å². The molecule has 0 bridgehead atoms. The highest BCUT2D eigenvalue weighted by Gasteiger charge is 2.17. The third-order valence-electron chi connectivity index (χ3n) is 2.61. The Kier molecular flexibility index (Phi) is 2.39. The summed E-state index contributed by atoms with van der Waals surface area (Å²) in [5.41, 5.74) is 2.73. The van der Waals surface area contributed by atoms with E-state index in [1.165, 1.54) is 37.1 Å². The van der Waals surface area contributed by atoms with Crippen LogP contribution in [0.3, 0.4) is 0 Å². The van der Waals surface area contributed by atoms with Crippen molar-refractivity contribution in [2.45, 2.75) is 19.3 Å². The molecule has 1 aromatic rings. The number of hydrogen-bond donors (Lipinski definition) is 0. The highest BCUT2D eigenvalue weighted by molar-refractivity contribution is 5.96. The maximum atomic E-state index is 4.15. The van der Waals surface area contributed by atoms with Crippen LogP contribution in [0.2, 0.25) is 0 Å². The second-order valence-electron chi connectivity index (χ2n) is 3.57. The topological polar surface area (TPSA) is 15.9 Å². The Morgan fingerprint density at radius 2 is 2.31 bits per heavy atom. The van der Waals surface area contributed by atoms with Crippen molar-refractivity contribution in [1.29, 1.82) is 0 Å². The molecule has 2 heteroatoms. The Hall–Kier alpha value is -1.18. The predicted molar refractivity (Wildman–Crippen MR) is 53.2 cm³/mol. The minimum absolute atomic E-state index is 1.18. The smallest absolute Gasteiger partial charge is 0.184 e. The van der Waals surface area contributed by atoms with E-state index in [1.54, 1.807) is 0 Å². The molecule has 1 aliphatic heterocycles. The van der Waals surface area contributed by atoms with Crippen molar-refractivity contribution in [3.63, 3.8) is 0 Å². The summed E-state index contributed by atoms with van der Waals surface area (Å²) in [4.78, 5) is 4.15. The van der Waals surface area contributed by atoms with Gasteiger partial charge in [-0.05, 0) is 18.6 Å². The Balaban J connectivity index is 2.35. The van der Waals surface area contributed by atoms with Gasteiger partial charge in [0, 0.05) is 25.2 Å². The molecule has 2 rings (SSSR count). The van der Waals surface area contributed by atoms with Gasteiger partial charge >= 0.3 is 0 Å². The van der Waals surface area contributed by atoms with Gasteiger partial charge < -0.3 is 0 Å². The van der Waals surface area contributed by atoms with Crippen LogP contribution in [0.5, 0.6) is 0 Å². The maximum Gasteiger partial charge on any atom is 0.184 e. The third-order valence-corrected chi connectivity index (χ3v) is 2.61. The van der Waals surface area contributed by atoms with Crippen molar-refractivity contribution in [3.8, 4) is 0 Å². The predicted octanol–water partition coefficient (Wildman–Crippen LogP) is 1.70. The summed E-state index contributed by atoms with van der Waals surface area (Å²) >= 11 is 0. The molecular formula is C11H15N2+. The molecule has 0 fully saturated rings. The number of nitrogens with zero attached hydrogens (tertiary/aromatic N) is 2. The van der Waals surface area contributed by atoms with Crippen molar-refractivity contribution >= 4 is 5.71 Å². The van der Waals surface area contributed by atoms with E-state index in [-0.39, 0.29) is 0 Å². The minimum atomic E-state index is 1.18. The lowest BCUT2D eigenvalue weighted by Gasteiger charge is -2.11. The number of pyridine rings is 1.